The molecule has 7 heteroatoms. The topological polar surface area (TPSA) is 54.7 Å². The van der Waals surface area contributed by atoms with Crippen LogP contribution in [0.15, 0.2) is 47.7 Å². The highest BCUT2D eigenvalue weighted by Gasteiger charge is 2.25. The Kier molecular flexibility index (Phi) is 9.06. The van der Waals surface area contributed by atoms with Gasteiger partial charge in [-0.25, -0.2) is 0 Å². The quantitative estimate of drug-likeness (QED) is 0.297. The number of halogens is 1. The standard InChI is InChI=1S/C20H29N5O.HI/c1-3-21-20(22-11-7-10-17-8-5-4-6-9-17)25-12-13-26-19(16-25)18-14-23-24(2)15-18;/h4-6,8-9,14-15,19H,3,7,10-13,16H2,1-2H3,(H,21,22);1H. The molecule has 0 radical (unpaired) electrons. The lowest BCUT2D eigenvalue weighted by Gasteiger charge is -2.34. The van der Waals surface area contributed by atoms with Crippen molar-refractivity contribution >= 4 is 29.9 Å². The van der Waals surface area contributed by atoms with Gasteiger partial charge in [0.2, 0.25) is 0 Å². The molecule has 0 amide bonds. The number of aryl methyl sites for hydroxylation is 2. The maximum Gasteiger partial charge on any atom is 0.194 e. The fourth-order valence-corrected chi connectivity index (χ4v) is 3.19. The number of morpholine rings is 1. The Morgan fingerprint density at radius 3 is 2.85 bits per heavy atom. The molecular weight excluding hydrogens is 453 g/mol. The summed E-state index contributed by atoms with van der Waals surface area (Å²) in [5, 5.41) is 7.69. The molecular formula is C20H30IN5O. The van der Waals surface area contributed by atoms with E-state index in [9.17, 15) is 0 Å². The molecule has 1 N–H and O–H groups in total. The van der Waals surface area contributed by atoms with Crippen LogP contribution in [0.1, 0.15) is 30.6 Å². The zero-order valence-electron chi connectivity index (χ0n) is 16.2. The molecule has 0 saturated carbocycles. The lowest BCUT2D eigenvalue weighted by molar-refractivity contribution is -0.00804. The Bertz CT molecular complexity index is 703. The summed E-state index contributed by atoms with van der Waals surface area (Å²) in [6.07, 6.45) is 6.07. The minimum absolute atomic E-state index is 0. The van der Waals surface area contributed by atoms with Gasteiger partial charge in [-0.05, 0) is 25.3 Å². The Labute approximate surface area is 179 Å². The number of nitrogens with one attached hydrogen (secondary N) is 1. The lowest BCUT2D eigenvalue weighted by Crippen LogP contribution is -2.48. The van der Waals surface area contributed by atoms with E-state index >= 15 is 0 Å². The van der Waals surface area contributed by atoms with Crippen molar-refractivity contribution in [2.24, 2.45) is 12.0 Å². The molecule has 1 aromatic carbocycles. The molecule has 0 spiro atoms. The van der Waals surface area contributed by atoms with Crippen molar-refractivity contribution in [3.05, 3.63) is 53.9 Å². The molecule has 1 saturated heterocycles. The average Bonchev–Trinajstić information content (AvgIpc) is 3.12. The van der Waals surface area contributed by atoms with Crippen LogP contribution in [0.2, 0.25) is 0 Å². The third-order valence-electron chi connectivity index (χ3n) is 4.53. The number of aliphatic imine (C=N–C) groups is 1. The van der Waals surface area contributed by atoms with Gasteiger partial charge in [0.25, 0.3) is 0 Å². The Hall–Kier alpha value is -1.61. The zero-order valence-corrected chi connectivity index (χ0v) is 18.5. The van der Waals surface area contributed by atoms with Crippen molar-refractivity contribution in [3.8, 4) is 0 Å². The minimum atomic E-state index is 0. The molecule has 1 aromatic heterocycles. The van der Waals surface area contributed by atoms with Gasteiger partial charge >= 0.3 is 0 Å². The molecule has 6 nitrogen and oxygen atoms in total. The van der Waals surface area contributed by atoms with Gasteiger partial charge in [0.05, 0.1) is 19.3 Å². The van der Waals surface area contributed by atoms with E-state index in [0.29, 0.717) is 6.61 Å². The second-order valence-corrected chi connectivity index (χ2v) is 6.58. The Balaban J connectivity index is 0.00000261. The maximum atomic E-state index is 5.94. The maximum absolute atomic E-state index is 5.94. The van der Waals surface area contributed by atoms with Gasteiger partial charge in [0, 0.05) is 38.4 Å². The summed E-state index contributed by atoms with van der Waals surface area (Å²) in [7, 11) is 1.93. The van der Waals surface area contributed by atoms with Gasteiger partial charge in [-0.2, -0.15) is 5.10 Å². The second-order valence-electron chi connectivity index (χ2n) is 6.58. The first kappa shape index (κ1) is 21.7. The molecule has 2 heterocycles. The van der Waals surface area contributed by atoms with Crippen LogP contribution >= 0.6 is 24.0 Å². The lowest BCUT2D eigenvalue weighted by atomic mass is 10.1. The smallest absolute Gasteiger partial charge is 0.194 e. The minimum Gasteiger partial charge on any atom is -0.370 e. The van der Waals surface area contributed by atoms with Crippen LogP contribution in [0.4, 0.5) is 0 Å². The zero-order chi connectivity index (χ0) is 18.2. The number of aromatic nitrogens is 2. The number of guanidine groups is 1. The molecule has 0 aliphatic carbocycles. The molecule has 1 unspecified atom stereocenters. The van der Waals surface area contributed by atoms with E-state index in [0.717, 1.165) is 50.5 Å². The Morgan fingerprint density at radius 1 is 1.33 bits per heavy atom. The van der Waals surface area contributed by atoms with Crippen LogP contribution in [-0.2, 0) is 18.2 Å². The normalized spacial score (nSPS) is 17.5. The summed E-state index contributed by atoms with van der Waals surface area (Å²) >= 11 is 0. The van der Waals surface area contributed by atoms with Crippen molar-refractivity contribution in [2.75, 3.05) is 32.8 Å². The first-order valence-electron chi connectivity index (χ1n) is 9.43. The van der Waals surface area contributed by atoms with Gasteiger partial charge in [0.15, 0.2) is 5.96 Å². The summed E-state index contributed by atoms with van der Waals surface area (Å²) in [4.78, 5) is 7.14. The van der Waals surface area contributed by atoms with Crippen molar-refractivity contribution in [3.63, 3.8) is 0 Å². The fourth-order valence-electron chi connectivity index (χ4n) is 3.19. The molecule has 0 bridgehead atoms. The van der Waals surface area contributed by atoms with E-state index in [-0.39, 0.29) is 30.1 Å². The van der Waals surface area contributed by atoms with Crippen LogP contribution < -0.4 is 5.32 Å². The van der Waals surface area contributed by atoms with Crippen molar-refractivity contribution in [1.82, 2.24) is 20.0 Å². The highest BCUT2D eigenvalue weighted by atomic mass is 127. The van der Waals surface area contributed by atoms with E-state index in [1.54, 1.807) is 0 Å². The van der Waals surface area contributed by atoms with E-state index in [1.165, 1.54) is 5.56 Å². The van der Waals surface area contributed by atoms with Crippen LogP contribution in [0, 0.1) is 0 Å². The van der Waals surface area contributed by atoms with E-state index in [2.05, 4.69) is 52.6 Å². The summed E-state index contributed by atoms with van der Waals surface area (Å²) < 4.78 is 7.76. The van der Waals surface area contributed by atoms with Crippen LogP contribution in [0.5, 0.6) is 0 Å². The molecule has 1 fully saturated rings. The summed E-state index contributed by atoms with van der Waals surface area (Å²) in [5.41, 5.74) is 2.49. The summed E-state index contributed by atoms with van der Waals surface area (Å²) in [6, 6.07) is 10.6. The van der Waals surface area contributed by atoms with Crippen molar-refractivity contribution < 1.29 is 4.74 Å². The predicted molar refractivity (Wildman–Crippen MR) is 120 cm³/mol. The molecule has 1 aliphatic heterocycles. The fraction of sp³-hybridized carbons (Fsp3) is 0.500. The van der Waals surface area contributed by atoms with Crippen LogP contribution in [-0.4, -0.2) is 53.4 Å². The predicted octanol–water partition coefficient (Wildman–Crippen LogP) is 3.01. The second kappa shape index (κ2) is 11.3. The number of hydrogen-bond acceptors (Lipinski definition) is 3. The van der Waals surface area contributed by atoms with Crippen molar-refractivity contribution in [1.29, 1.82) is 0 Å². The number of nitrogens with zero attached hydrogens (tertiary/aromatic N) is 4. The number of rotatable bonds is 6. The number of hydrogen-bond donors (Lipinski definition) is 1. The van der Waals surface area contributed by atoms with Crippen LogP contribution in [0.25, 0.3) is 0 Å². The summed E-state index contributed by atoms with van der Waals surface area (Å²) in [6.45, 7) is 6.17. The molecule has 1 atom stereocenters. The third-order valence-corrected chi connectivity index (χ3v) is 4.53. The van der Waals surface area contributed by atoms with E-state index in [4.69, 9.17) is 9.73 Å². The molecule has 2 aromatic rings. The van der Waals surface area contributed by atoms with Gasteiger partial charge in [-0.1, -0.05) is 30.3 Å². The SMILES string of the molecule is CCNC(=NCCCc1ccccc1)N1CCOC(c2cnn(C)c2)C1.I. The van der Waals surface area contributed by atoms with Gasteiger partial charge in [-0.15, -0.1) is 24.0 Å². The first-order chi connectivity index (χ1) is 12.8. The third kappa shape index (κ3) is 6.49. The van der Waals surface area contributed by atoms with Crippen LogP contribution in [0.3, 0.4) is 0 Å². The van der Waals surface area contributed by atoms with Gasteiger partial charge in [-0.3, -0.25) is 9.67 Å². The monoisotopic (exact) mass is 483 g/mol. The number of ether oxygens (including phenoxy) is 1. The van der Waals surface area contributed by atoms with Crippen molar-refractivity contribution in [2.45, 2.75) is 25.9 Å². The average molecular weight is 483 g/mol. The van der Waals surface area contributed by atoms with Gasteiger partial charge in [0.1, 0.15) is 6.10 Å². The van der Waals surface area contributed by atoms with E-state index < -0.39 is 0 Å². The largest absolute Gasteiger partial charge is 0.370 e. The molecule has 3 rings (SSSR count). The van der Waals surface area contributed by atoms with Gasteiger partial charge < -0.3 is 15.0 Å². The highest BCUT2D eigenvalue weighted by Crippen LogP contribution is 2.21. The molecule has 148 valence electrons. The number of benzene rings is 1. The van der Waals surface area contributed by atoms with E-state index in [1.807, 2.05) is 24.1 Å². The summed E-state index contributed by atoms with van der Waals surface area (Å²) in [5.74, 6) is 0.984. The first-order valence-corrected chi connectivity index (χ1v) is 9.43. The molecule has 1 aliphatic rings. The molecule has 27 heavy (non-hydrogen) atoms. The highest BCUT2D eigenvalue weighted by molar-refractivity contribution is 14.0. The Morgan fingerprint density at radius 2 is 2.15 bits per heavy atom.